The number of carbonyl (C=O) groups is 3. The predicted octanol–water partition coefficient (Wildman–Crippen LogP) is 17.9. The lowest BCUT2D eigenvalue weighted by Crippen LogP contribution is -2.30. The maximum atomic E-state index is 12.8. The van der Waals surface area contributed by atoms with Crippen LogP contribution in [0, 0.1) is 0 Å². The van der Waals surface area contributed by atoms with Crippen molar-refractivity contribution in [2.45, 2.75) is 155 Å². The average Bonchev–Trinajstić information content (AvgIpc) is 3.37. The quantitative estimate of drug-likeness (QED) is 0.0199. The molecule has 0 radical (unpaired) electrons. The van der Waals surface area contributed by atoms with Gasteiger partial charge in [-0.05, 0) is 96.3 Å². The van der Waals surface area contributed by atoms with Gasteiger partial charge >= 0.3 is 17.9 Å². The van der Waals surface area contributed by atoms with Crippen molar-refractivity contribution in [1.29, 1.82) is 0 Å². The number of allylic oxidation sites excluding steroid dienone is 36. The van der Waals surface area contributed by atoms with E-state index in [4.69, 9.17) is 14.2 Å². The van der Waals surface area contributed by atoms with Gasteiger partial charge in [0, 0.05) is 19.3 Å². The summed E-state index contributed by atoms with van der Waals surface area (Å²) in [6.07, 6.45) is 89.1. The van der Waals surface area contributed by atoms with Crippen molar-refractivity contribution in [3.05, 3.63) is 219 Å². The fourth-order valence-corrected chi connectivity index (χ4v) is 5.96. The van der Waals surface area contributed by atoms with Gasteiger partial charge in [0.1, 0.15) is 13.2 Å². The highest BCUT2D eigenvalue weighted by molar-refractivity contribution is 5.71. The molecule has 386 valence electrons. The number of rotatable bonds is 43. The molecule has 0 saturated carbocycles. The molecule has 0 heterocycles. The fourth-order valence-electron chi connectivity index (χ4n) is 5.96. The van der Waals surface area contributed by atoms with E-state index in [2.05, 4.69) is 106 Å². The minimum Gasteiger partial charge on any atom is -0.462 e. The van der Waals surface area contributed by atoms with Crippen LogP contribution in [0.4, 0.5) is 0 Å². The van der Waals surface area contributed by atoms with Crippen molar-refractivity contribution in [2.75, 3.05) is 13.2 Å². The van der Waals surface area contributed by atoms with E-state index in [-0.39, 0.29) is 44.4 Å². The van der Waals surface area contributed by atoms with Crippen molar-refractivity contribution in [3.8, 4) is 0 Å². The highest BCUT2D eigenvalue weighted by atomic mass is 16.6. The van der Waals surface area contributed by atoms with Gasteiger partial charge in [0.2, 0.25) is 0 Å². The Kier molecular flexibility index (Phi) is 51.3. The number of ether oxygens (including phenoxy) is 3. The first-order valence-electron chi connectivity index (χ1n) is 26.4. The molecule has 0 aromatic carbocycles. The molecular formula is C65H90O6. The summed E-state index contributed by atoms with van der Waals surface area (Å²) in [4.78, 5) is 38.1. The molecule has 1 atom stereocenters. The minimum absolute atomic E-state index is 0.153. The molecule has 6 heteroatoms. The summed E-state index contributed by atoms with van der Waals surface area (Å²) < 4.78 is 16.7. The second-order valence-corrected chi connectivity index (χ2v) is 16.3. The first-order valence-corrected chi connectivity index (χ1v) is 26.4. The molecule has 0 amide bonds. The Labute approximate surface area is 432 Å². The van der Waals surface area contributed by atoms with E-state index >= 15 is 0 Å². The van der Waals surface area contributed by atoms with Crippen molar-refractivity contribution in [3.63, 3.8) is 0 Å². The summed E-state index contributed by atoms with van der Waals surface area (Å²) in [6.45, 7) is 6.06. The number of hydrogen-bond donors (Lipinski definition) is 0. The third-order valence-corrected chi connectivity index (χ3v) is 9.81. The van der Waals surface area contributed by atoms with Crippen LogP contribution in [0.25, 0.3) is 0 Å². The van der Waals surface area contributed by atoms with Gasteiger partial charge < -0.3 is 14.2 Å². The number of esters is 3. The second-order valence-electron chi connectivity index (χ2n) is 16.3. The molecule has 0 saturated heterocycles. The Balaban J connectivity index is 4.74. The molecule has 0 aromatic heterocycles. The zero-order chi connectivity index (χ0) is 51.4. The third kappa shape index (κ3) is 54.5. The summed E-state index contributed by atoms with van der Waals surface area (Å²) >= 11 is 0. The lowest BCUT2D eigenvalue weighted by Gasteiger charge is -2.18. The van der Waals surface area contributed by atoms with Gasteiger partial charge in [0.05, 0.1) is 0 Å². The zero-order valence-electron chi connectivity index (χ0n) is 43.9. The number of carbonyl (C=O) groups excluding carboxylic acids is 3. The summed E-state index contributed by atoms with van der Waals surface area (Å²) in [5.74, 6) is -1.12. The molecule has 0 rings (SSSR count). The normalized spacial score (nSPS) is 13.9. The Morgan fingerprint density at radius 1 is 0.296 bits per heavy atom. The van der Waals surface area contributed by atoms with Crippen LogP contribution >= 0.6 is 0 Å². The van der Waals surface area contributed by atoms with E-state index in [0.29, 0.717) is 19.3 Å². The topological polar surface area (TPSA) is 78.9 Å². The Morgan fingerprint density at radius 2 is 0.592 bits per heavy atom. The van der Waals surface area contributed by atoms with E-state index in [1.165, 1.54) is 0 Å². The van der Waals surface area contributed by atoms with Crippen molar-refractivity contribution in [1.82, 2.24) is 0 Å². The van der Waals surface area contributed by atoms with Crippen LogP contribution in [0.15, 0.2) is 219 Å². The lowest BCUT2D eigenvalue weighted by molar-refractivity contribution is -0.167. The van der Waals surface area contributed by atoms with Gasteiger partial charge in [-0.1, -0.05) is 252 Å². The summed E-state index contributed by atoms with van der Waals surface area (Å²) in [7, 11) is 0. The third-order valence-electron chi connectivity index (χ3n) is 9.81. The molecule has 0 fully saturated rings. The SMILES string of the molecule is CC\C=C/C=C\C=C/C=C\C=C\C=C/C=C\CCCCCC(=O)OCC(COC(=O)CCC/C=C\C/C=C\C/C=C\C/C=C\C/C=C\CC)OC(=O)CCCCC\C=C/C=C/C=C\C=C/C=C\C=C/CC. The monoisotopic (exact) mass is 967 g/mol. The molecule has 0 aliphatic heterocycles. The molecule has 71 heavy (non-hydrogen) atoms. The Bertz CT molecular complexity index is 1870. The highest BCUT2D eigenvalue weighted by Gasteiger charge is 2.19. The van der Waals surface area contributed by atoms with Gasteiger partial charge in [-0.2, -0.15) is 0 Å². The van der Waals surface area contributed by atoms with Crippen LogP contribution in [-0.2, 0) is 28.6 Å². The van der Waals surface area contributed by atoms with Gasteiger partial charge in [-0.25, -0.2) is 0 Å². The second kappa shape index (κ2) is 56.3. The zero-order valence-corrected chi connectivity index (χ0v) is 43.9. The fraction of sp³-hybridized carbons (Fsp3) is 0.400. The highest BCUT2D eigenvalue weighted by Crippen LogP contribution is 2.10. The predicted molar refractivity (Wildman–Crippen MR) is 306 cm³/mol. The molecule has 0 aliphatic carbocycles. The largest absolute Gasteiger partial charge is 0.462 e. The first kappa shape index (κ1) is 64.7. The number of unbranched alkanes of at least 4 members (excludes halogenated alkanes) is 7. The van der Waals surface area contributed by atoms with Crippen LogP contribution in [0.2, 0.25) is 0 Å². The van der Waals surface area contributed by atoms with Crippen molar-refractivity contribution < 1.29 is 28.6 Å². The molecule has 1 unspecified atom stereocenters. The molecule has 6 nitrogen and oxygen atoms in total. The number of hydrogen-bond acceptors (Lipinski definition) is 6. The standard InChI is InChI=1S/C65H90O6/c1-4-7-10-13-16-19-22-25-28-31-32-35-37-40-43-46-49-52-55-58-64(67)70-61-62(71-65(68)59-56-53-50-47-44-41-38-34-30-27-24-21-18-15-12-9-6-3)60-69-63(66)57-54-51-48-45-42-39-36-33-29-26-23-20-17-14-11-8-5-2/h7-13,15-22,24-32,34-41,43-45,48,62H,4-6,14,23,33,42,46-47,49-61H2,1-3H3/b10-7-,11-8-,12-9-,16-13-,18-15-,20-17-,22-19-,24-21-,28-25-,29-26-,30-27-,32-31+,37-35-,38-34+,39-36-,43-40-,44-41-,48-45-. The van der Waals surface area contributed by atoms with Crippen molar-refractivity contribution >= 4 is 17.9 Å². The minimum atomic E-state index is -0.860. The molecule has 0 aliphatic rings. The lowest BCUT2D eigenvalue weighted by atomic mass is 10.1. The van der Waals surface area contributed by atoms with E-state index in [0.717, 1.165) is 89.9 Å². The maximum Gasteiger partial charge on any atom is 0.306 e. The molecule has 0 bridgehead atoms. The van der Waals surface area contributed by atoms with Crippen LogP contribution in [0.1, 0.15) is 149 Å². The van der Waals surface area contributed by atoms with Crippen LogP contribution in [0.5, 0.6) is 0 Å². The van der Waals surface area contributed by atoms with E-state index in [1.807, 2.05) is 134 Å². The van der Waals surface area contributed by atoms with Gasteiger partial charge in [-0.15, -0.1) is 0 Å². The summed E-state index contributed by atoms with van der Waals surface area (Å²) in [5.41, 5.74) is 0. The molecule has 0 N–H and O–H groups in total. The maximum absolute atomic E-state index is 12.8. The average molecular weight is 967 g/mol. The van der Waals surface area contributed by atoms with E-state index in [9.17, 15) is 14.4 Å². The first-order chi connectivity index (χ1) is 35.0. The van der Waals surface area contributed by atoms with Gasteiger partial charge in [0.15, 0.2) is 6.10 Å². The van der Waals surface area contributed by atoms with Crippen LogP contribution < -0.4 is 0 Å². The summed E-state index contributed by atoms with van der Waals surface area (Å²) in [5, 5.41) is 0. The molecule has 0 spiro atoms. The van der Waals surface area contributed by atoms with Crippen LogP contribution in [0.3, 0.4) is 0 Å². The van der Waals surface area contributed by atoms with Crippen molar-refractivity contribution in [2.24, 2.45) is 0 Å². The van der Waals surface area contributed by atoms with Gasteiger partial charge in [-0.3, -0.25) is 14.4 Å². The van der Waals surface area contributed by atoms with Crippen LogP contribution in [-0.4, -0.2) is 37.2 Å². The smallest absolute Gasteiger partial charge is 0.306 e. The molecule has 0 aromatic rings. The Morgan fingerprint density at radius 3 is 0.972 bits per heavy atom. The Hall–Kier alpha value is -6.27. The molecular weight excluding hydrogens is 877 g/mol. The summed E-state index contributed by atoms with van der Waals surface area (Å²) in [6, 6.07) is 0. The van der Waals surface area contributed by atoms with E-state index < -0.39 is 12.1 Å². The van der Waals surface area contributed by atoms with E-state index in [1.54, 1.807) is 0 Å². The van der Waals surface area contributed by atoms with Gasteiger partial charge in [0.25, 0.3) is 0 Å².